The largest absolute Gasteiger partial charge is 0.493 e. The van der Waals surface area contributed by atoms with Crippen LogP contribution in [0.2, 0.25) is 0 Å². The van der Waals surface area contributed by atoms with E-state index >= 15 is 0 Å². The van der Waals surface area contributed by atoms with E-state index in [4.69, 9.17) is 18.9 Å². The molecule has 0 radical (unpaired) electrons. The van der Waals surface area contributed by atoms with Gasteiger partial charge in [-0.25, -0.2) is 9.59 Å². The molecule has 0 bridgehead atoms. The van der Waals surface area contributed by atoms with Crippen molar-refractivity contribution in [2.24, 2.45) is 0 Å². The number of hydrogen-bond donors (Lipinski definition) is 1. The molecule has 9 nitrogen and oxygen atoms in total. The third kappa shape index (κ3) is 7.45. The van der Waals surface area contributed by atoms with Crippen molar-refractivity contribution < 1.29 is 28.5 Å². The van der Waals surface area contributed by atoms with Gasteiger partial charge < -0.3 is 24.3 Å². The van der Waals surface area contributed by atoms with Gasteiger partial charge in [-0.3, -0.25) is 9.80 Å². The number of ether oxygens (including phenoxy) is 4. The van der Waals surface area contributed by atoms with Crippen LogP contribution in [-0.4, -0.2) is 67.0 Å². The smallest absolute Gasteiger partial charge is 0.410 e. The van der Waals surface area contributed by atoms with Crippen molar-refractivity contribution >= 4 is 12.2 Å². The summed E-state index contributed by atoms with van der Waals surface area (Å²) in [5.74, 6) is 1.37. The molecule has 3 atom stereocenters. The summed E-state index contributed by atoms with van der Waals surface area (Å²) >= 11 is 0. The zero-order chi connectivity index (χ0) is 31.3. The number of carbonyl (C=O) groups excluding carboxylic acids is 2. The van der Waals surface area contributed by atoms with Crippen molar-refractivity contribution in [2.75, 3.05) is 27.3 Å². The number of benzene rings is 3. The fourth-order valence-electron chi connectivity index (χ4n) is 6.16. The van der Waals surface area contributed by atoms with Crippen molar-refractivity contribution in [2.45, 2.75) is 70.5 Å². The standard InChI is InChI=1S/C35H43N3O6/c1-35(2,3)44-34(40)38(21-24-12-8-6-9-13-24)30-20-29-27-19-32(42-5)31(41-4)18-26(27)16-17-37(29)22-28(30)36-33(39)43-23-25-14-10-7-11-15-25/h6-15,18-19,28-30H,16-17,20-23H2,1-5H3,(H,36,39). The number of nitrogens with one attached hydrogen (secondary N) is 1. The molecule has 3 unspecified atom stereocenters. The van der Waals surface area contributed by atoms with E-state index in [1.54, 1.807) is 19.1 Å². The van der Waals surface area contributed by atoms with Gasteiger partial charge in [-0.1, -0.05) is 60.7 Å². The van der Waals surface area contributed by atoms with Crippen molar-refractivity contribution in [3.8, 4) is 11.5 Å². The predicted molar refractivity (Wildman–Crippen MR) is 168 cm³/mol. The van der Waals surface area contributed by atoms with E-state index in [9.17, 15) is 9.59 Å². The molecular formula is C35H43N3O6. The average Bonchev–Trinajstić information content (AvgIpc) is 3.01. The molecule has 3 aromatic rings. The van der Waals surface area contributed by atoms with Gasteiger partial charge in [0.05, 0.1) is 26.3 Å². The van der Waals surface area contributed by atoms with E-state index in [1.165, 1.54) is 5.56 Å². The van der Waals surface area contributed by atoms with Crippen LogP contribution in [0.15, 0.2) is 72.8 Å². The fraction of sp³-hybridized carbons (Fsp3) is 0.429. The third-order valence-electron chi connectivity index (χ3n) is 8.21. The van der Waals surface area contributed by atoms with Crippen LogP contribution in [0.5, 0.6) is 11.5 Å². The van der Waals surface area contributed by atoms with Crippen LogP contribution in [0.4, 0.5) is 9.59 Å². The van der Waals surface area contributed by atoms with Crippen molar-refractivity contribution in [1.82, 2.24) is 15.1 Å². The molecular weight excluding hydrogens is 558 g/mol. The van der Waals surface area contributed by atoms with Crippen LogP contribution in [0.25, 0.3) is 0 Å². The highest BCUT2D eigenvalue weighted by Crippen LogP contribution is 2.43. The van der Waals surface area contributed by atoms with Gasteiger partial charge >= 0.3 is 12.2 Å². The summed E-state index contributed by atoms with van der Waals surface area (Å²) < 4.78 is 22.8. The molecule has 0 spiro atoms. The molecule has 2 aliphatic rings. The van der Waals surface area contributed by atoms with Gasteiger partial charge in [0.2, 0.25) is 0 Å². The second kappa shape index (κ2) is 13.6. The summed E-state index contributed by atoms with van der Waals surface area (Å²) in [5.41, 5.74) is 3.53. The zero-order valence-corrected chi connectivity index (χ0v) is 26.2. The predicted octanol–water partition coefficient (Wildman–Crippen LogP) is 6.11. The molecule has 1 N–H and O–H groups in total. The van der Waals surface area contributed by atoms with Gasteiger partial charge in [0.1, 0.15) is 12.2 Å². The Kier molecular flexibility index (Phi) is 9.64. The quantitative estimate of drug-likeness (QED) is 0.333. The lowest BCUT2D eigenvalue weighted by Gasteiger charge is -2.50. The van der Waals surface area contributed by atoms with Crippen LogP contribution in [-0.2, 0) is 29.0 Å². The maximum atomic E-state index is 13.9. The van der Waals surface area contributed by atoms with Crippen LogP contribution >= 0.6 is 0 Å². The summed E-state index contributed by atoms with van der Waals surface area (Å²) in [6, 6.07) is 22.8. The summed E-state index contributed by atoms with van der Waals surface area (Å²) in [6.07, 6.45) is 0.475. The molecule has 2 amide bonds. The summed E-state index contributed by atoms with van der Waals surface area (Å²) in [4.78, 5) is 31.3. The van der Waals surface area contributed by atoms with Gasteiger partial charge in [0.25, 0.3) is 0 Å². The Bertz CT molecular complexity index is 1430. The Morgan fingerprint density at radius 2 is 1.57 bits per heavy atom. The first kappa shape index (κ1) is 31.2. The topological polar surface area (TPSA) is 89.6 Å². The number of nitrogens with zero attached hydrogens (tertiary/aromatic N) is 2. The average molecular weight is 602 g/mol. The number of rotatable bonds is 8. The van der Waals surface area contributed by atoms with E-state index in [-0.39, 0.29) is 18.7 Å². The number of fused-ring (bicyclic) bond motifs is 3. The van der Waals surface area contributed by atoms with Crippen molar-refractivity contribution in [1.29, 1.82) is 0 Å². The highest BCUT2D eigenvalue weighted by Gasteiger charge is 2.44. The van der Waals surface area contributed by atoms with Gasteiger partial charge in [-0.05, 0) is 68.0 Å². The van der Waals surface area contributed by atoms with Crippen LogP contribution in [0.1, 0.15) is 55.5 Å². The van der Waals surface area contributed by atoms with Gasteiger partial charge in [0, 0.05) is 25.7 Å². The number of piperidine rings is 1. The summed E-state index contributed by atoms with van der Waals surface area (Å²) in [5, 5.41) is 3.12. The maximum absolute atomic E-state index is 13.9. The first-order valence-corrected chi connectivity index (χ1v) is 15.1. The number of alkyl carbamates (subject to hydrolysis) is 1. The lowest BCUT2D eigenvalue weighted by molar-refractivity contribution is -0.0124. The molecule has 1 saturated heterocycles. The van der Waals surface area contributed by atoms with E-state index in [2.05, 4.69) is 22.3 Å². The summed E-state index contributed by atoms with van der Waals surface area (Å²) in [7, 11) is 3.28. The molecule has 234 valence electrons. The second-order valence-corrected chi connectivity index (χ2v) is 12.4. The Balaban J connectivity index is 1.48. The van der Waals surface area contributed by atoms with Gasteiger partial charge in [-0.15, -0.1) is 0 Å². The highest BCUT2D eigenvalue weighted by molar-refractivity contribution is 5.70. The lowest BCUT2D eigenvalue weighted by atomic mass is 9.82. The molecule has 0 aliphatic carbocycles. The Morgan fingerprint density at radius 1 is 0.932 bits per heavy atom. The van der Waals surface area contributed by atoms with Crippen LogP contribution < -0.4 is 14.8 Å². The molecule has 0 saturated carbocycles. The number of methoxy groups -OCH3 is 2. The summed E-state index contributed by atoms with van der Waals surface area (Å²) in [6.45, 7) is 7.43. The monoisotopic (exact) mass is 601 g/mol. The number of carbonyl (C=O) groups is 2. The van der Waals surface area contributed by atoms with Gasteiger partial charge in [-0.2, -0.15) is 0 Å². The minimum Gasteiger partial charge on any atom is -0.493 e. The Labute approximate surface area is 260 Å². The Morgan fingerprint density at radius 3 is 2.20 bits per heavy atom. The number of hydrogen-bond acceptors (Lipinski definition) is 7. The third-order valence-corrected chi connectivity index (χ3v) is 8.21. The van der Waals surface area contributed by atoms with E-state index in [0.29, 0.717) is 31.0 Å². The van der Waals surface area contributed by atoms with E-state index in [0.717, 1.165) is 29.7 Å². The maximum Gasteiger partial charge on any atom is 0.410 e. The normalized spacial score (nSPS) is 19.6. The molecule has 2 heterocycles. The molecule has 3 aromatic carbocycles. The van der Waals surface area contributed by atoms with Crippen molar-refractivity contribution in [3.63, 3.8) is 0 Å². The van der Waals surface area contributed by atoms with Crippen LogP contribution in [0.3, 0.4) is 0 Å². The fourth-order valence-corrected chi connectivity index (χ4v) is 6.16. The zero-order valence-electron chi connectivity index (χ0n) is 26.2. The molecule has 5 rings (SSSR count). The highest BCUT2D eigenvalue weighted by atomic mass is 16.6. The molecule has 44 heavy (non-hydrogen) atoms. The first-order valence-electron chi connectivity index (χ1n) is 15.1. The molecule has 2 aliphatic heterocycles. The van der Waals surface area contributed by atoms with Gasteiger partial charge in [0.15, 0.2) is 11.5 Å². The van der Waals surface area contributed by atoms with E-state index < -0.39 is 23.8 Å². The molecule has 0 aromatic heterocycles. The van der Waals surface area contributed by atoms with E-state index in [1.807, 2.05) is 81.4 Å². The first-order chi connectivity index (χ1) is 21.1. The SMILES string of the molecule is COc1cc2c(cc1OC)C1CC(N(Cc3ccccc3)C(=O)OC(C)(C)C)C(NC(=O)OCc3ccccc3)CN1CC2. The molecule has 9 heteroatoms. The van der Waals surface area contributed by atoms with Crippen molar-refractivity contribution in [3.05, 3.63) is 95.1 Å². The minimum atomic E-state index is -0.689. The lowest BCUT2D eigenvalue weighted by Crippen LogP contribution is -2.63. The second-order valence-electron chi connectivity index (χ2n) is 12.4. The number of amides is 2. The minimum absolute atomic E-state index is 0.00246. The van der Waals surface area contributed by atoms with Crippen LogP contribution in [0, 0.1) is 0 Å². The Hall–Kier alpha value is -4.24. The molecule has 1 fully saturated rings.